The first-order valence-corrected chi connectivity index (χ1v) is 9.88. The number of fused-ring (bicyclic) bond motifs is 1. The second-order valence-electron chi connectivity index (χ2n) is 7.12. The molecule has 0 saturated carbocycles. The van der Waals surface area contributed by atoms with Gasteiger partial charge in [-0.15, -0.1) is 10.2 Å². The van der Waals surface area contributed by atoms with Gasteiger partial charge in [-0.1, -0.05) is 42.5 Å². The standard InChI is InChI=1S/C23H22N6/c1-2-5-17(6-3-1)18-9-10-21-22(15-18)26-23(28-27-21)25-19-7-4-8-20(16-19)29-13-11-24-12-14-29/h1-10,15-16,24H,11-14H2,(H,25,26,28). The number of piperazine rings is 1. The van der Waals surface area contributed by atoms with Crippen molar-refractivity contribution in [1.29, 1.82) is 0 Å². The van der Waals surface area contributed by atoms with Gasteiger partial charge in [0, 0.05) is 37.6 Å². The molecule has 1 aliphatic heterocycles. The summed E-state index contributed by atoms with van der Waals surface area (Å²) in [7, 11) is 0. The van der Waals surface area contributed by atoms with E-state index in [4.69, 9.17) is 4.98 Å². The van der Waals surface area contributed by atoms with Crippen molar-refractivity contribution in [2.45, 2.75) is 0 Å². The average Bonchev–Trinajstić information content (AvgIpc) is 2.80. The molecule has 0 radical (unpaired) electrons. The molecule has 6 heteroatoms. The third-order valence-corrected chi connectivity index (χ3v) is 5.15. The monoisotopic (exact) mass is 382 g/mol. The number of benzene rings is 3. The second-order valence-corrected chi connectivity index (χ2v) is 7.12. The Kier molecular flexibility index (Phi) is 4.76. The first-order valence-electron chi connectivity index (χ1n) is 9.88. The largest absolute Gasteiger partial charge is 0.369 e. The molecule has 3 aromatic carbocycles. The Balaban J connectivity index is 1.42. The van der Waals surface area contributed by atoms with Crippen LogP contribution in [0.4, 0.5) is 17.3 Å². The van der Waals surface area contributed by atoms with Crippen LogP contribution in [-0.4, -0.2) is 41.4 Å². The van der Waals surface area contributed by atoms with Gasteiger partial charge in [-0.25, -0.2) is 4.98 Å². The van der Waals surface area contributed by atoms with Crippen molar-refractivity contribution in [3.05, 3.63) is 72.8 Å². The van der Waals surface area contributed by atoms with Crippen molar-refractivity contribution in [2.24, 2.45) is 0 Å². The molecular weight excluding hydrogens is 360 g/mol. The lowest BCUT2D eigenvalue weighted by Gasteiger charge is -2.29. The summed E-state index contributed by atoms with van der Waals surface area (Å²) < 4.78 is 0. The fraction of sp³-hybridized carbons (Fsp3) is 0.174. The van der Waals surface area contributed by atoms with E-state index in [1.807, 2.05) is 30.3 Å². The van der Waals surface area contributed by atoms with E-state index in [0.29, 0.717) is 5.95 Å². The maximum atomic E-state index is 4.69. The van der Waals surface area contributed by atoms with Crippen LogP contribution in [0, 0.1) is 0 Å². The van der Waals surface area contributed by atoms with Crippen LogP contribution < -0.4 is 15.5 Å². The van der Waals surface area contributed by atoms with Crippen LogP contribution in [0.1, 0.15) is 0 Å². The summed E-state index contributed by atoms with van der Waals surface area (Å²) in [6, 6.07) is 24.7. The lowest BCUT2D eigenvalue weighted by Crippen LogP contribution is -2.43. The molecule has 1 fully saturated rings. The molecule has 4 aromatic rings. The third kappa shape index (κ3) is 3.88. The molecule has 0 amide bonds. The summed E-state index contributed by atoms with van der Waals surface area (Å²) in [6.07, 6.45) is 0. The highest BCUT2D eigenvalue weighted by atomic mass is 15.2. The molecule has 1 saturated heterocycles. The first kappa shape index (κ1) is 17.6. The van der Waals surface area contributed by atoms with Crippen LogP contribution >= 0.6 is 0 Å². The van der Waals surface area contributed by atoms with E-state index >= 15 is 0 Å². The van der Waals surface area contributed by atoms with Crippen LogP contribution in [0.25, 0.3) is 22.2 Å². The lowest BCUT2D eigenvalue weighted by atomic mass is 10.1. The minimum absolute atomic E-state index is 0.500. The lowest BCUT2D eigenvalue weighted by molar-refractivity contribution is 0.589. The van der Waals surface area contributed by atoms with E-state index in [-0.39, 0.29) is 0 Å². The number of rotatable bonds is 4. The Morgan fingerprint density at radius 3 is 2.48 bits per heavy atom. The Morgan fingerprint density at radius 2 is 1.62 bits per heavy atom. The van der Waals surface area contributed by atoms with E-state index in [0.717, 1.165) is 54.0 Å². The van der Waals surface area contributed by atoms with Gasteiger partial charge in [0.05, 0.1) is 5.52 Å². The van der Waals surface area contributed by atoms with Crippen molar-refractivity contribution in [1.82, 2.24) is 20.5 Å². The van der Waals surface area contributed by atoms with Crippen LogP contribution in [0.15, 0.2) is 72.8 Å². The molecule has 0 unspecified atom stereocenters. The molecule has 6 nitrogen and oxygen atoms in total. The summed E-state index contributed by atoms with van der Waals surface area (Å²) in [5.41, 5.74) is 6.04. The highest BCUT2D eigenvalue weighted by molar-refractivity contribution is 5.81. The van der Waals surface area contributed by atoms with E-state index in [1.54, 1.807) is 0 Å². The zero-order chi connectivity index (χ0) is 19.5. The Morgan fingerprint density at radius 1 is 0.759 bits per heavy atom. The summed E-state index contributed by atoms with van der Waals surface area (Å²) in [5.74, 6) is 0.500. The van der Waals surface area contributed by atoms with Crippen molar-refractivity contribution >= 4 is 28.4 Å². The zero-order valence-electron chi connectivity index (χ0n) is 16.0. The number of anilines is 3. The van der Waals surface area contributed by atoms with Gasteiger partial charge >= 0.3 is 0 Å². The zero-order valence-corrected chi connectivity index (χ0v) is 16.0. The smallest absolute Gasteiger partial charge is 0.247 e. The van der Waals surface area contributed by atoms with Crippen LogP contribution in [0.2, 0.25) is 0 Å². The number of nitrogens with zero attached hydrogens (tertiary/aromatic N) is 4. The van der Waals surface area contributed by atoms with E-state index in [2.05, 4.69) is 68.2 Å². The molecule has 29 heavy (non-hydrogen) atoms. The first-order chi connectivity index (χ1) is 14.3. The molecule has 1 aromatic heterocycles. The van der Waals surface area contributed by atoms with Gasteiger partial charge in [-0.2, -0.15) is 0 Å². The van der Waals surface area contributed by atoms with E-state index in [1.165, 1.54) is 5.69 Å². The minimum atomic E-state index is 0.500. The normalized spacial score (nSPS) is 14.1. The topological polar surface area (TPSA) is 66.0 Å². The molecule has 5 rings (SSSR count). The molecule has 0 spiro atoms. The predicted octanol–water partition coefficient (Wildman–Crippen LogP) is 3.85. The van der Waals surface area contributed by atoms with Crippen molar-refractivity contribution in [2.75, 3.05) is 36.4 Å². The van der Waals surface area contributed by atoms with Gasteiger partial charge in [0.1, 0.15) is 5.52 Å². The van der Waals surface area contributed by atoms with E-state index < -0.39 is 0 Å². The molecule has 2 heterocycles. The van der Waals surface area contributed by atoms with Gasteiger partial charge in [0.15, 0.2) is 0 Å². The summed E-state index contributed by atoms with van der Waals surface area (Å²) in [4.78, 5) is 7.07. The maximum Gasteiger partial charge on any atom is 0.247 e. The summed E-state index contributed by atoms with van der Waals surface area (Å²) >= 11 is 0. The van der Waals surface area contributed by atoms with Crippen molar-refractivity contribution < 1.29 is 0 Å². The number of hydrogen-bond acceptors (Lipinski definition) is 6. The number of nitrogens with one attached hydrogen (secondary N) is 2. The molecule has 1 aliphatic rings. The van der Waals surface area contributed by atoms with Gasteiger partial charge < -0.3 is 15.5 Å². The number of hydrogen-bond donors (Lipinski definition) is 2. The summed E-state index contributed by atoms with van der Waals surface area (Å²) in [6.45, 7) is 4.05. The number of aromatic nitrogens is 3. The fourth-order valence-electron chi connectivity index (χ4n) is 3.63. The van der Waals surface area contributed by atoms with Gasteiger partial charge in [0.2, 0.25) is 5.95 Å². The Bertz CT molecular complexity index is 1120. The Hall–Kier alpha value is -3.51. The summed E-state index contributed by atoms with van der Waals surface area (Å²) in [5, 5.41) is 15.3. The van der Waals surface area contributed by atoms with Gasteiger partial charge in [0.25, 0.3) is 0 Å². The van der Waals surface area contributed by atoms with Crippen LogP contribution in [-0.2, 0) is 0 Å². The van der Waals surface area contributed by atoms with Gasteiger partial charge in [-0.05, 0) is 41.5 Å². The van der Waals surface area contributed by atoms with Gasteiger partial charge in [-0.3, -0.25) is 0 Å². The predicted molar refractivity (Wildman–Crippen MR) is 118 cm³/mol. The third-order valence-electron chi connectivity index (χ3n) is 5.15. The quantitative estimate of drug-likeness (QED) is 0.559. The van der Waals surface area contributed by atoms with E-state index in [9.17, 15) is 0 Å². The molecule has 2 N–H and O–H groups in total. The molecule has 0 atom stereocenters. The Labute approximate surface area is 169 Å². The molecule has 0 bridgehead atoms. The van der Waals surface area contributed by atoms with Crippen LogP contribution in [0.3, 0.4) is 0 Å². The van der Waals surface area contributed by atoms with Crippen molar-refractivity contribution in [3.8, 4) is 11.1 Å². The van der Waals surface area contributed by atoms with Crippen molar-refractivity contribution in [3.63, 3.8) is 0 Å². The van der Waals surface area contributed by atoms with Crippen LogP contribution in [0.5, 0.6) is 0 Å². The minimum Gasteiger partial charge on any atom is -0.369 e. The SMILES string of the molecule is c1ccc(-c2ccc3nnc(Nc4cccc(N5CCNCC5)c4)nc3c2)cc1. The average molecular weight is 382 g/mol. The highest BCUT2D eigenvalue weighted by Crippen LogP contribution is 2.24. The maximum absolute atomic E-state index is 4.69. The highest BCUT2D eigenvalue weighted by Gasteiger charge is 2.11. The fourth-order valence-corrected chi connectivity index (χ4v) is 3.63. The molecular formula is C23H22N6. The molecule has 144 valence electrons. The second kappa shape index (κ2) is 7.85. The molecule has 0 aliphatic carbocycles.